The van der Waals surface area contributed by atoms with Gasteiger partial charge < -0.3 is 14.6 Å². The number of carbonyl (C=O) groups is 1. The van der Waals surface area contributed by atoms with Crippen LogP contribution in [0.4, 0.5) is 0 Å². The highest BCUT2D eigenvalue weighted by Gasteiger charge is 2.12. The summed E-state index contributed by atoms with van der Waals surface area (Å²) in [6.07, 6.45) is 0. The number of nitrogens with one attached hydrogen (secondary N) is 1. The SMILES string of the molecule is COc1ccc(C(=O)NCc2nc(-c3ccccc3)no2)cc1Cl. The number of nitrogens with zero attached hydrogens (tertiary/aromatic N) is 2. The van der Waals surface area contributed by atoms with Crippen LogP contribution in [0.2, 0.25) is 5.02 Å². The van der Waals surface area contributed by atoms with Gasteiger partial charge in [-0.25, -0.2) is 0 Å². The van der Waals surface area contributed by atoms with Crippen molar-refractivity contribution in [3.8, 4) is 17.1 Å². The Labute approximate surface area is 143 Å². The molecule has 0 aliphatic carbocycles. The first-order valence-electron chi connectivity index (χ1n) is 7.17. The summed E-state index contributed by atoms with van der Waals surface area (Å²) >= 11 is 6.02. The molecule has 24 heavy (non-hydrogen) atoms. The first-order chi connectivity index (χ1) is 11.7. The van der Waals surface area contributed by atoms with Crippen LogP contribution in [-0.2, 0) is 6.54 Å². The molecule has 1 N–H and O–H groups in total. The van der Waals surface area contributed by atoms with Crippen LogP contribution in [0.5, 0.6) is 5.75 Å². The van der Waals surface area contributed by atoms with Gasteiger partial charge in [-0.1, -0.05) is 47.1 Å². The molecule has 7 heteroatoms. The Balaban J connectivity index is 1.65. The smallest absolute Gasteiger partial charge is 0.251 e. The molecule has 0 aliphatic rings. The second-order valence-corrected chi connectivity index (χ2v) is 5.32. The minimum atomic E-state index is -0.293. The molecule has 6 nitrogen and oxygen atoms in total. The number of halogens is 1. The first kappa shape index (κ1) is 16.0. The average Bonchev–Trinajstić information content (AvgIpc) is 3.09. The van der Waals surface area contributed by atoms with Crippen LogP contribution in [0.25, 0.3) is 11.4 Å². The molecule has 1 aromatic heterocycles. The summed E-state index contributed by atoms with van der Waals surface area (Å²) in [5.74, 6) is 1.02. The molecule has 0 aliphatic heterocycles. The van der Waals surface area contributed by atoms with Gasteiger partial charge in [-0.15, -0.1) is 0 Å². The Bertz CT molecular complexity index is 849. The molecule has 0 fully saturated rings. The highest BCUT2D eigenvalue weighted by atomic mass is 35.5. The number of ether oxygens (including phenoxy) is 1. The number of carbonyl (C=O) groups excluding carboxylic acids is 1. The van der Waals surface area contributed by atoms with E-state index in [1.807, 2.05) is 30.3 Å². The van der Waals surface area contributed by atoms with Gasteiger partial charge >= 0.3 is 0 Å². The second kappa shape index (κ2) is 7.14. The number of hydrogen-bond acceptors (Lipinski definition) is 5. The maximum Gasteiger partial charge on any atom is 0.251 e. The maximum absolute atomic E-state index is 12.1. The summed E-state index contributed by atoms with van der Waals surface area (Å²) in [5, 5.41) is 6.98. The Morgan fingerprint density at radius 3 is 2.75 bits per heavy atom. The van der Waals surface area contributed by atoms with E-state index in [9.17, 15) is 4.79 Å². The van der Waals surface area contributed by atoms with Crippen molar-refractivity contribution in [2.75, 3.05) is 7.11 Å². The summed E-state index contributed by atoms with van der Waals surface area (Å²) in [5.41, 5.74) is 1.27. The van der Waals surface area contributed by atoms with Gasteiger partial charge in [-0.05, 0) is 18.2 Å². The summed E-state index contributed by atoms with van der Waals surface area (Å²) < 4.78 is 10.2. The molecule has 1 amide bonds. The quantitative estimate of drug-likeness (QED) is 0.768. The zero-order valence-corrected chi connectivity index (χ0v) is 13.6. The molecule has 0 spiro atoms. The van der Waals surface area contributed by atoms with Crippen LogP contribution < -0.4 is 10.1 Å². The fraction of sp³-hybridized carbons (Fsp3) is 0.118. The number of methoxy groups -OCH3 is 1. The fourth-order valence-electron chi connectivity index (χ4n) is 2.10. The molecule has 0 saturated heterocycles. The van der Waals surface area contributed by atoms with Crippen molar-refractivity contribution in [2.45, 2.75) is 6.54 Å². The average molecular weight is 344 g/mol. The standard InChI is InChI=1S/C17H14ClN3O3/c1-23-14-8-7-12(9-13(14)18)17(22)19-10-15-20-16(21-24-15)11-5-3-2-4-6-11/h2-9H,10H2,1H3,(H,19,22). The van der Waals surface area contributed by atoms with Gasteiger partial charge in [-0.3, -0.25) is 4.79 Å². The predicted octanol–water partition coefficient (Wildman–Crippen LogP) is 3.33. The van der Waals surface area contributed by atoms with E-state index in [4.69, 9.17) is 20.9 Å². The lowest BCUT2D eigenvalue weighted by Crippen LogP contribution is -2.22. The van der Waals surface area contributed by atoms with E-state index in [2.05, 4.69) is 15.5 Å². The van der Waals surface area contributed by atoms with E-state index in [0.717, 1.165) is 5.56 Å². The van der Waals surface area contributed by atoms with E-state index >= 15 is 0 Å². The lowest BCUT2D eigenvalue weighted by molar-refractivity contribution is 0.0946. The minimum absolute atomic E-state index is 0.127. The molecule has 3 aromatic rings. The number of rotatable bonds is 5. The Kier molecular flexibility index (Phi) is 4.77. The molecule has 0 saturated carbocycles. The number of benzene rings is 2. The molecule has 3 rings (SSSR count). The van der Waals surface area contributed by atoms with Gasteiger partial charge in [0.05, 0.1) is 18.7 Å². The van der Waals surface area contributed by atoms with Crippen molar-refractivity contribution in [3.63, 3.8) is 0 Å². The zero-order valence-electron chi connectivity index (χ0n) is 12.8. The van der Waals surface area contributed by atoms with Crippen LogP contribution in [0.1, 0.15) is 16.2 Å². The number of hydrogen-bond donors (Lipinski definition) is 1. The summed E-state index contributed by atoms with van der Waals surface area (Å²) in [7, 11) is 1.51. The molecule has 2 aromatic carbocycles. The van der Waals surface area contributed by atoms with Crippen molar-refractivity contribution in [3.05, 3.63) is 65.0 Å². The number of aromatic nitrogens is 2. The largest absolute Gasteiger partial charge is 0.495 e. The van der Waals surface area contributed by atoms with Crippen molar-refractivity contribution < 1.29 is 14.1 Å². The van der Waals surface area contributed by atoms with E-state index in [1.165, 1.54) is 7.11 Å². The summed E-state index contributed by atoms with van der Waals surface area (Å²) in [4.78, 5) is 16.4. The zero-order chi connectivity index (χ0) is 16.9. The van der Waals surface area contributed by atoms with E-state index in [-0.39, 0.29) is 12.5 Å². The molecule has 0 radical (unpaired) electrons. The van der Waals surface area contributed by atoms with Gasteiger partial charge in [0.25, 0.3) is 5.91 Å². The maximum atomic E-state index is 12.1. The lowest BCUT2D eigenvalue weighted by Gasteiger charge is -2.06. The van der Waals surface area contributed by atoms with Crippen LogP contribution in [0.3, 0.4) is 0 Å². The Morgan fingerprint density at radius 2 is 2.04 bits per heavy atom. The van der Waals surface area contributed by atoms with Gasteiger partial charge in [0.2, 0.25) is 11.7 Å². The van der Waals surface area contributed by atoms with Crippen molar-refractivity contribution >= 4 is 17.5 Å². The summed E-state index contributed by atoms with van der Waals surface area (Å²) in [6.45, 7) is 0.127. The summed E-state index contributed by atoms with van der Waals surface area (Å²) in [6, 6.07) is 14.3. The molecule has 0 atom stereocenters. The highest BCUT2D eigenvalue weighted by Crippen LogP contribution is 2.24. The third kappa shape index (κ3) is 3.55. The van der Waals surface area contributed by atoms with Gasteiger partial charge in [-0.2, -0.15) is 4.98 Å². The van der Waals surface area contributed by atoms with Crippen LogP contribution >= 0.6 is 11.6 Å². The second-order valence-electron chi connectivity index (χ2n) is 4.91. The van der Waals surface area contributed by atoms with Gasteiger partial charge in [0.1, 0.15) is 5.75 Å². The lowest BCUT2D eigenvalue weighted by atomic mass is 10.2. The fourth-order valence-corrected chi connectivity index (χ4v) is 2.35. The third-order valence-electron chi connectivity index (χ3n) is 3.31. The van der Waals surface area contributed by atoms with Crippen molar-refractivity contribution in [1.82, 2.24) is 15.5 Å². The van der Waals surface area contributed by atoms with Gasteiger partial charge in [0, 0.05) is 11.1 Å². The Morgan fingerprint density at radius 1 is 1.25 bits per heavy atom. The van der Waals surface area contributed by atoms with E-state index in [0.29, 0.717) is 28.1 Å². The van der Waals surface area contributed by atoms with Crippen LogP contribution in [-0.4, -0.2) is 23.2 Å². The van der Waals surface area contributed by atoms with Crippen LogP contribution in [0, 0.1) is 0 Å². The van der Waals surface area contributed by atoms with Crippen molar-refractivity contribution in [2.24, 2.45) is 0 Å². The topological polar surface area (TPSA) is 77.2 Å². The number of amides is 1. The van der Waals surface area contributed by atoms with Crippen molar-refractivity contribution in [1.29, 1.82) is 0 Å². The molecular formula is C17H14ClN3O3. The van der Waals surface area contributed by atoms with E-state index in [1.54, 1.807) is 18.2 Å². The Hall–Kier alpha value is -2.86. The molecule has 0 unspecified atom stereocenters. The predicted molar refractivity (Wildman–Crippen MR) is 88.9 cm³/mol. The monoisotopic (exact) mass is 343 g/mol. The van der Waals surface area contributed by atoms with Gasteiger partial charge in [0.15, 0.2) is 0 Å². The molecule has 1 heterocycles. The molecule has 0 bridgehead atoms. The van der Waals surface area contributed by atoms with E-state index < -0.39 is 0 Å². The van der Waals surface area contributed by atoms with Crippen LogP contribution in [0.15, 0.2) is 53.1 Å². The molecular weight excluding hydrogens is 330 g/mol. The third-order valence-corrected chi connectivity index (χ3v) is 3.61. The minimum Gasteiger partial charge on any atom is -0.495 e. The highest BCUT2D eigenvalue weighted by molar-refractivity contribution is 6.32. The first-order valence-corrected chi connectivity index (χ1v) is 7.55. The molecule has 122 valence electrons. The normalized spacial score (nSPS) is 10.4.